The predicted molar refractivity (Wildman–Crippen MR) is 75.2 cm³/mol. The van der Waals surface area contributed by atoms with Crippen molar-refractivity contribution in [3.05, 3.63) is 35.6 Å². The molecule has 0 spiro atoms. The summed E-state index contributed by atoms with van der Waals surface area (Å²) in [5.41, 5.74) is 6.80. The summed E-state index contributed by atoms with van der Waals surface area (Å²) in [4.78, 5) is 11.8. The molecule has 3 N–H and O–H groups in total. The summed E-state index contributed by atoms with van der Waals surface area (Å²) >= 11 is 0. The number of amides is 1. The highest BCUT2D eigenvalue weighted by atomic mass is 19.1. The molecule has 0 heterocycles. The Hall–Kier alpha value is -1.42. The molecule has 1 aromatic rings. The van der Waals surface area contributed by atoms with Crippen LogP contribution in [0.5, 0.6) is 0 Å². The molecule has 0 bridgehead atoms. The lowest BCUT2D eigenvalue weighted by molar-refractivity contribution is -0.123. The van der Waals surface area contributed by atoms with Crippen LogP contribution in [0.2, 0.25) is 0 Å². The second-order valence-electron chi connectivity index (χ2n) is 4.99. The first-order valence-corrected chi connectivity index (χ1v) is 6.83. The number of benzene rings is 1. The lowest BCUT2D eigenvalue weighted by atomic mass is 10.1. The molecule has 0 aliphatic heterocycles. The normalized spacial score (nSPS) is 13.9. The molecule has 0 aromatic heterocycles. The van der Waals surface area contributed by atoms with Gasteiger partial charge in [0.05, 0.1) is 6.04 Å². The third-order valence-electron chi connectivity index (χ3n) is 3.05. The Morgan fingerprint density at radius 3 is 2.58 bits per heavy atom. The summed E-state index contributed by atoms with van der Waals surface area (Å²) in [5.74, 6) is -0.356. The molecule has 1 rings (SSSR count). The van der Waals surface area contributed by atoms with Crippen LogP contribution >= 0.6 is 0 Å². The summed E-state index contributed by atoms with van der Waals surface area (Å²) in [5, 5.41) is 2.89. The summed E-state index contributed by atoms with van der Waals surface area (Å²) in [6.07, 6.45) is 3.38. The first-order chi connectivity index (χ1) is 9.02. The van der Waals surface area contributed by atoms with Crippen molar-refractivity contribution in [1.82, 2.24) is 5.32 Å². The van der Waals surface area contributed by atoms with Crippen molar-refractivity contribution < 1.29 is 9.18 Å². The number of rotatable bonds is 7. The number of halogens is 1. The molecule has 1 aromatic carbocycles. The zero-order chi connectivity index (χ0) is 14.3. The van der Waals surface area contributed by atoms with E-state index in [4.69, 9.17) is 5.73 Å². The van der Waals surface area contributed by atoms with E-state index in [1.807, 2.05) is 6.92 Å². The number of carbonyl (C=O) groups is 1. The number of nitrogens with two attached hydrogens (primary N) is 1. The van der Waals surface area contributed by atoms with Crippen LogP contribution < -0.4 is 11.1 Å². The molecule has 0 aliphatic carbocycles. The monoisotopic (exact) mass is 266 g/mol. The largest absolute Gasteiger partial charge is 0.352 e. The van der Waals surface area contributed by atoms with Gasteiger partial charge in [-0.2, -0.15) is 0 Å². The first kappa shape index (κ1) is 15.6. The van der Waals surface area contributed by atoms with E-state index in [1.54, 1.807) is 12.1 Å². The number of unbranched alkanes of at least 4 members (excludes halogenated alkanes) is 1. The number of carbonyl (C=O) groups excluding carboxylic acids is 1. The summed E-state index contributed by atoms with van der Waals surface area (Å²) < 4.78 is 12.8. The fourth-order valence-corrected chi connectivity index (χ4v) is 1.93. The van der Waals surface area contributed by atoms with E-state index in [0.717, 1.165) is 18.4 Å². The lowest BCUT2D eigenvalue weighted by Crippen LogP contribution is -2.45. The SMILES string of the molecule is CCCCC(N)C(=O)NC(C)Cc1ccc(F)cc1. The Morgan fingerprint density at radius 1 is 1.37 bits per heavy atom. The molecule has 0 saturated heterocycles. The highest BCUT2D eigenvalue weighted by Crippen LogP contribution is 2.06. The zero-order valence-corrected chi connectivity index (χ0v) is 11.7. The maximum absolute atomic E-state index is 12.8. The van der Waals surface area contributed by atoms with Crippen LogP contribution in [-0.4, -0.2) is 18.0 Å². The summed E-state index contributed by atoms with van der Waals surface area (Å²) in [6.45, 7) is 4.00. The van der Waals surface area contributed by atoms with Crippen LogP contribution in [0, 0.1) is 5.82 Å². The van der Waals surface area contributed by atoms with Crippen molar-refractivity contribution in [2.24, 2.45) is 5.73 Å². The van der Waals surface area contributed by atoms with Crippen molar-refractivity contribution in [3.8, 4) is 0 Å². The maximum atomic E-state index is 12.8. The van der Waals surface area contributed by atoms with Gasteiger partial charge < -0.3 is 11.1 Å². The highest BCUT2D eigenvalue weighted by molar-refractivity contribution is 5.81. The quantitative estimate of drug-likeness (QED) is 0.796. The minimum absolute atomic E-state index is 0.00867. The minimum Gasteiger partial charge on any atom is -0.352 e. The van der Waals surface area contributed by atoms with Crippen molar-refractivity contribution in [2.45, 2.75) is 51.6 Å². The molecule has 0 aliphatic rings. The van der Waals surface area contributed by atoms with E-state index >= 15 is 0 Å². The number of hydrogen-bond donors (Lipinski definition) is 2. The number of nitrogens with one attached hydrogen (secondary N) is 1. The molecular formula is C15H23FN2O. The van der Waals surface area contributed by atoms with Crippen molar-refractivity contribution in [2.75, 3.05) is 0 Å². The molecule has 1 amide bonds. The van der Waals surface area contributed by atoms with Gasteiger partial charge in [0, 0.05) is 6.04 Å². The average molecular weight is 266 g/mol. The fourth-order valence-electron chi connectivity index (χ4n) is 1.93. The Bertz CT molecular complexity index is 392. The lowest BCUT2D eigenvalue weighted by Gasteiger charge is -2.17. The van der Waals surface area contributed by atoms with Gasteiger partial charge in [-0.05, 0) is 37.5 Å². The molecular weight excluding hydrogens is 243 g/mol. The molecule has 3 nitrogen and oxygen atoms in total. The molecule has 0 saturated carbocycles. The Balaban J connectivity index is 2.39. The number of hydrogen-bond acceptors (Lipinski definition) is 2. The van der Waals surface area contributed by atoms with Gasteiger partial charge in [-0.3, -0.25) is 4.79 Å². The highest BCUT2D eigenvalue weighted by Gasteiger charge is 2.15. The van der Waals surface area contributed by atoms with Gasteiger partial charge in [-0.1, -0.05) is 31.9 Å². The van der Waals surface area contributed by atoms with Crippen molar-refractivity contribution in [3.63, 3.8) is 0 Å². The van der Waals surface area contributed by atoms with Crippen LogP contribution in [0.4, 0.5) is 4.39 Å². The zero-order valence-electron chi connectivity index (χ0n) is 11.7. The van der Waals surface area contributed by atoms with Gasteiger partial charge >= 0.3 is 0 Å². The summed E-state index contributed by atoms with van der Waals surface area (Å²) in [7, 11) is 0. The Morgan fingerprint density at radius 2 is 2.00 bits per heavy atom. The van der Waals surface area contributed by atoms with Crippen LogP contribution in [0.1, 0.15) is 38.7 Å². The van der Waals surface area contributed by atoms with Crippen LogP contribution in [0.25, 0.3) is 0 Å². The van der Waals surface area contributed by atoms with Crippen molar-refractivity contribution >= 4 is 5.91 Å². The fraction of sp³-hybridized carbons (Fsp3) is 0.533. The third kappa shape index (κ3) is 5.83. The Kier molecular flexibility index (Phi) is 6.50. The van der Waals surface area contributed by atoms with Gasteiger partial charge in [0.1, 0.15) is 5.82 Å². The predicted octanol–water partition coefficient (Wildman–Crippen LogP) is 2.39. The second-order valence-corrected chi connectivity index (χ2v) is 4.99. The van der Waals surface area contributed by atoms with Crippen molar-refractivity contribution in [1.29, 1.82) is 0 Å². The van der Waals surface area contributed by atoms with E-state index < -0.39 is 6.04 Å². The summed E-state index contributed by atoms with van der Waals surface area (Å²) in [6, 6.07) is 5.87. The molecule has 2 atom stereocenters. The topological polar surface area (TPSA) is 55.1 Å². The minimum atomic E-state index is -0.435. The molecule has 0 radical (unpaired) electrons. The van der Waals surface area contributed by atoms with Crippen LogP contribution in [-0.2, 0) is 11.2 Å². The van der Waals surface area contributed by atoms with E-state index in [1.165, 1.54) is 12.1 Å². The van der Waals surface area contributed by atoms with Gasteiger partial charge in [-0.15, -0.1) is 0 Å². The van der Waals surface area contributed by atoms with E-state index in [0.29, 0.717) is 12.8 Å². The van der Waals surface area contributed by atoms with Gasteiger partial charge in [0.2, 0.25) is 5.91 Å². The molecule has 106 valence electrons. The smallest absolute Gasteiger partial charge is 0.237 e. The molecule has 4 heteroatoms. The van der Waals surface area contributed by atoms with Gasteiger partial charge in [-0.25, -0.2) is 4.39 Å². The van der Waals surface area contributed by atoms with E-state index in [9.17, 15) is 9.18 Å². The van der Waals surface area contributed by atoms with Gasteiger partial charge in [0.25, 0.3) is 0 Å². The third-order valence-corrected chi connectivity index (χ3v) is 3.05. The molecule has 0 fully saturated rings. The van der Waals surface area contributed by atoms with E-state index in [2.05, 4.69) is 12.2 Å². The molecule has 2 unspecified atom stereocenters. The standard InChI is InChI=1S/C15H23FN2O/c1-3-4-5-14(17)15(19)18-11(2)10-12-6-8-13(16)9-7-12/h6-9,11,14H,3-5,10,17H2,1-2H3,(H,18,19). The Labute approximate surface area is 114 Å². The second kappa shape index (κ2) is 7.89. The van der Waals surface area contributed by atoms with E-state index in [-0.39, 0.29) is 17.8 Å². The van der Waals surface area contributed by atoms with Crippen LogP contribution in [0.3, 0.4) is 0 Å². The molecule has 19 heavy (non-hydrogen) atoms. The first-order valence-electron chi connectivity index (χ1n) is 6.83. The van der Waals surface area contributed by atoms with Gasteiger partial charge in [0.15, 0.2) is 0 Å². The van der Waals surface area contributed by atoms with Crippen LogP contribution in [0.15, 0.2) is 24.3 Å². The average Bonchev–Trinajstić information content (AvgIpc) is 2.38. The maximum Gasteiger partial charge on any atom is 0.237 e.